The van der Waals surface area contributed by atoms with Crippen LogP contribution in [0, 0.1) is 0 Å². The van der Waals surface area contributed by atoms with Gasteiger partial charge in [-0.2, -0.15) is 0 Å². The summed E-state index contributed by atoms with van der Waals surface area (Å²) in [5.74, 6) is 0. The summed E-state index contributed by atoms with van der Waals surface area (Å²) in [7, 11) is -3.31. The summed E-state index contributed by atoms with van der Waals surface area (Å²) in [6.07, 6.45) is 11.4. The van der Waals surface area contributed by atoms with Crippen LogP contribution in [0.2, 0.25) is 0 Å². The summed E-state index contributed by atoms with van der Waals surface area (Å²) in [5, 5.41) is -0.460. The van der Waals surface area contributed by atoms with E-state index in [1.807, 2.05) is 24.3 Å². The highest BCUT2D eigenvalue weighted by atomic mass is 79.9. The van der Waals surface area contributed by atoms with E-state index in [1.165, 1.54) is 0 Å². The summed E-state index contributed by atoms with van der Waals surface area (Å²) in [4.78, 5) is 0.372. The van der Waals surface area contributed by atoms with Crippen LogP contribution in [-0.2, 0) is 16.3 Å². The molecule has 0 heterocycles. The molecule has 20 heavy (non-hydrogen) atoms. The number of allylic oxidation sites excluding steroid dienone is 4. The zero-order valence-electron chi connectivity index (χ0n) is 11.1. The molecule has 0 radical (unpaired) electrons. The lowest BCUT2D eigenvalue weighted by atomic mass is 10.1. The molecule has 2 rings (SSSR count). The van der Waals surface area contributed by atoms with Crippen molar-refractivity contribution in [1.82, 2.24) is 0 Å². The number of sulfone groups is 1. The van der Waals surface area contributed by atoms with Gasteiger partial charge in [0.2, 0.25) is 0 Å². The standard InChI is InChI=1S/C16H17BrO2S/c1-2-3-7-13-10-11-15(12-16(13)17)20(18,19)14-8-5-4-6-9-14/h2,4-6,8,10-12,14H,1,3,7,9H2. The molecular formula is C16H17BrO2S. The third kappa shape index (κ3) is 3.30. The second-order valence-electron chi connectivity index (χ2n) is 4.71. The van der Waals surface area contributed by atoms with Gasteiger partial charge in [-0.1, -0.05) is 52.4 Å². The highest BCUT2D eigenvalue weighted by Gasteiger charge is 2.25. The third-order valence-corrected chi connectivity index (χ3v) is 6.11. The van der Waals surface area contributed by atoms with Crippen molar-refractivity contribution in [2.24, 2.45) is 0 Å². The fourth-order valence-electron chi connectivity index (χ4n) is 2.13. The average molecular weight is 353 g/mol. The highest BCUT2D eigenvalue weighted by Crippen LogP contribution is 2.27. The van der Waals surface area contributed by atoms with Crippen LogP contribution in [0.1, 0.15) is 18.4 Å². The number of aryl methyl sites for hydroxylation is 1. The van der Waals surface area contributed by atoms with Crippen molar-refractivity contribution < 1.29 is 8.42 Å². The Kier molecular flexibility index (Phi) is 5.00. The molecule has 106 valence electrons. The van der Waals surface area contributed by atoms with Gasteiger partial charge in [0.1, 0.15) is 0 Å². The molecular weight excluding hydrogens is 336 g/mol. The minimum atomic E-state index is -3.31. The number of hydrogen-bond acceptors (Lipinski definition) is 2. The van der Waals surface area contributed by atoms with Crippen LogP contribution in [0.25, 0.3) is 0 Å². The number of benzene rings is 1. The fraction of sp³-hybridized carbons (Fsp3) is 0.250. The maximum atomic E-state index is 12.5. The zero-order valence-corrected chi connectivity index (χ0v) is 13.5. The minimum Gasteiger partial charge on any atom is -0.223 e. The lowest BCUT2D eigenvalue weighted by molar-refractivity contribution is 0.588. The van der Waals surface area contributed by atoms with Gasteiger partial charge in [0.05, 0.1) is 10.1 Å². The Morgan fingerprint density at radius 3 is 2.75 bits per heavy atom. The average Bonchev–Trinajstić information content (AvgIpc) is 2.47. The van der Waals surface area contributed by atoms with Gasteiger partial charge in [-0.05, 0) is 37.0 Å². The second-order valence-corrected chi connectivity index (χ2v) is 7.73. The van der Waals surface area contributed by atoms with Crippen molar-refractivity contribution in [3.63, 3.8) is 0 Å². The number of rotatable bonds is 5. The molecule has 4 heteroatoms. The molecule has 0 spiro atoms. The second kappa shape index (κ2) is 6.55. The first-order valence-electron chi connectivity index (χ1n) is 6.52. The quantitative estimate of drug-likeness (QED) is 0.743. The van der Waals surface area contributed by atoms with Crippen molar-refractivity contribution >= 4 is 25.8 Å². The molecule has 1 aliphatic carbocycles. The van der Waals surface area contributed by atoms with Crippen LogP contribution in [0.4, 0.5) is 0 Å². The molecule has 1 aliphatic rings. The SMILES string of the molecule is C=CCCc1ccc(S(=O)(=O)C2C=CC=CC2)cc1Br. The predicted molar refractivity (Wildman–Crippen MR) is 86.5 cm³/mol. The van der Waals surface area contributed by atoms with Crippen molar-refractivity contribution in [2.75, 3.05) is 0 Å². The number of halogens is 1. The van der Waals surface area contributed by atoms with E-state index in [4.69, 9.17) is 0 Å². The van der Waals surface area contributed by atoms with Crippen LogP contribution in [-0.4, -0.2) is 13.7 Å². The summed E-state index contributed by atoms with van der Waals surface area (Å²) in [5.41, 5.74) is 1.10. The van der Waals surface area contributed by atoms with Crippen LogP contribution < -0.4 is 0 Å². The molecule has 0 saturated heterocycles. The first-order chi connectivity index (χ1) is 9.55. The Morgan fingerprint density at radius 2 is 2.15 bits per heavy atom. The Bertz CT molecular complexity index is 657. The lowest BCUT2D eigenvalue weighted by Crippen LogP contribution is -2.19. The van der Waals surface area contributed by atoms with E-state index in [0.29, 0.717) is 11.3 Å². The van der Waals surface area contributed by atoms with Gasteiger partial charge in [0.15, 0.2) is 9.84 Å². The molecule has 0 amide bonds. The molecule has 1 aromatic rings. The van der Waals surface area contributed by atoms with E-state index in [2.05, 4.69) is 22.5 Å². The summed E-state index contributed by atoms with van der Waals surface area (Å²) in [6, 6.07) is 5.29. The topological polar surface area (TPSA) is 34.1 Å². The minimum absolute atomic E-state index is 0.372. The first kappa shape index (κ1) is 15.3. The molecule has 0 saturated carbocycles. The Hall–Kier alpha value is -1.13. The fourth-order valence-corrected chi connectivity index (χ4v) is 4.41. The van der Waals surface area contributed by atoms with Gasteiger partial charge in [0, 0.05) is 4.47 Å². The van der Waals surface area contributed by atoms with Crippen molar-refractivity contribution in [2.45, 2.75) is 29.4 Å². The van der Waals surface area contributed by atoms with E-state index < -0.39 is 15.1 Å². The van der Waals surface area contributed by atoms with Gasteiger partial charge >= 0.3 is 0 Å². The molecule has 0 aliphatic heterocycles. The molecule has 0 aromatic heterocycles. The first-order valence-corrected chi connectivity index (χ1v) is 8.86. The van der Waals surface area contributed by atoms with Crippen LogP contribution in [0.5, 0.6) is 0 Å². The molecule has 0 bridgehead atoms. The van der Waals surface area contributed by atoms with Gasteiger partial charge in [0.25, 0.3) is 0 Å². The van der Waals surface area contributed by atoms with E-state index in [1.54, 1.807) is 24.3 Å². The molecule has 0 N–H and O–H groups in total. The van der Waals surface area contributed by atoms with Crippen molar-refractivity contribution in [3.8, 4) is 0 Å². The highest BCUT2D eigenvalue weighted by molar-refractivity contribution is 9.10. The van der Waals surface area contributed by atoms with E-state index in [-0.39, 0.29) is 0 Å². The molecule has 1 aromatic carbocycles. The van der Waals surface area contributed by atoms with Crippen molar-refractivity contribution in [1.29, 1.82) is 0 Å². The molecule has 0 fully saturated rings. The van der Waals surface area contributed by atoms with Crippen LogP contribution >= 0.6 is 15.9 Å². The third-order valence-electron chi connectivity index (χ3n) is 3.31. The maximum absolute atomic E-state index is 12.5. The van der Waals surface area contributed by atoms with Crippen LogP contribution in [0.3, 0.4) is 0 Å². The van der Waals surface area contributed by atoms with Crippen LogP contribution in [0.15, 0.2) is 64.5 Å². The Labute approximate surface area is 128 Å². The van der Waals surface area contributed by atoms with Gasteiger partial charge in [-0.3, -0.25) is 0 Å². The van der Waals surface area contributed by atoms with Crippen molar-refractivity contribution in [3.05, 3.63) is 65.2 Å². The number of hydrogen-bond donors (Lipinski definition) is 0. The predicted octanol–water partition coefficient (Wildman–Crippen LogP) is 4.23. The molecule has 2 nitrogen and oxygen atoms in total. The summed E-state index contributed by atoms with van der Waals surface area (Å²) >= 11 is 3.46. The van der Waals surface area contributed by atoms with Gasteiger partial charge in [-0.15, -0.1) is 6.58 Å². The largest absolute Gasteiger partial charge is 0.223 e. The summed E-state index contributed by atoms with van der Waals surface area (Å²) in [6.45, 7) is 3.70. The maximum Gasteiger partial charge on any atom is 0.185 e. The zero-order chi connectivity index (χ0) is 14.6. The normalized spacial score (nSPS) is 18.1. The van der Waals surface area contributed by atoms with Gasteiger partial charge < -0.3 is 0 Å². The van der Waals surface area contributed by atoms with E-state index in [0.717, 1.165) is 22.9 Å². The molecule has 1 atom stereocenters. The monoisotopic (exact) mass is 352 g/mol. The Morgan fingerprint density at radius 1 is 1.35 bits per heavy atom. The van der Waals surface area contributed by atoms with E-state index >= 15 is 0 Å². The Balaban J connectivity index is 2.28. The van der Waals surface area contributed by atoms with E-state index in [9.17, 15) is 8.42 Å². The summed E-state index contributed by atoms with van der Waals surface area (Å²) < 4.78 is 25.9. The smallest absolute Gasteiger partial charge is 0.185 e. The van der Waals surface area contributed by atoms with Gasteiger partial charge in [-0.25, -0.2) is 8.42 Å². The molecule has 1 unspecified atom stereocenters. The lowest BCUT2D eigenvalue weighted by Gasteiger charge is -2.15.